The number of hydrogen-bond acceptors (Lipinski definition) is 2. The van der Waals surface area contributed by atoms with E-state index in [9.17, 15) is 4.79 Å². The smallest absolute Gasteiger partial charge is 0.217 e. The topological polar surface area (TPSA) is 49.3 Å². The number of phenolic OH excluding ortho intramolecular Hbond substituents is 1. The monoisotopic (exact) mass is 179 g/mol. The van der Waals surface area contributed by atoms with Crippen molar-refractivity contribution in [1.29, 1.82) is 0 Å². The lowest BCUT2D eigenvalue weighted by Crippen LogP contribution is -2.23. The molecule has 13 heavy (non-hydrogen) atoms. The molecule has 0 saturated carbocycles. The summed E-state index contributed by atoms with van der Waals surface area (Å²) in [7, 11) is 0. The standard InChI is InChI=1S/C10H13NO2/c1-7(11-8(2)12)9-3-5-10(13)6-4-9/h3-7,13H,1-2H3,(H,11,12)/t7-/m0/s1. The predicted octanol–water partition coefficient (Wildman–Crippen LogP) is 1.59. The van der Waals surface area contributed by atoms with Gasteiger partial charge >= 0.3 is 0 Å². The van der Waals surface area contributed by atoms with E-state index in [4.69, 9.17) is 5.11 Å². The number of carbonyl (C=O) groups is 1. The van der Waals surface area contributed by atoms with Gasteiger partial charge in [-0.1, -0.05) is 12.1 Å². The van der Waals surface area contributed by atoms with Gasteiger partial charge in [0.05, 0.1) is 6.04 Å². The lowest BCUT2D eigenvalue weighted by Gasteiger charge is -2.12. The molecule has 0 aromatic heterocycles. The summed E-state index contributed by atoms with van der Waals surface area (Å²) >= 11 is 0. The third-order valence-electron chi connectivity index (χ3n) is 1.81. The van der Waals surface area contributed by atoms with E-state index >= 15 is 0 Å². The first-order valence-corrected chi connectivity index (χ1v) is 4.15. The van der Waals surface area contributed by atoms with E-state index in [1.807, 2.05) is 6.92 Å². The van der Waals surface area contributed by atoms with Crippen LogP contribution in [0, 0.1) is 0 Å². The molecular weight excluding hydrogens is 166 g/mol. The van der Waals surface area contributed by atoms with Crippen LogP contribution in [0.15, 0.2) is 24.3 Å². The van der Waals surface area contributed by atoms with Crippen molar-refractivity contribution < 1.29 is 9.90 Å². The molecule has 3 heteroatoms. The van der Waals surface area contributed by atoms with Gasteiger partial charge in [0, 0.05) is 6.92 Å². The number of amides is 1. The maximum absolute atomic E-state index is 10.7. The first kappa shape index (κ1) is 9.58. The van der Waals surface area contributed by atoms with Gasteiger partial charge in [-0.25, -0.2) is 0 Å². The highest BCUT2D eigenvalue weighted by Crippen LogP contribution is 2.15. The number of phenols is 1. The lowest BCUT2D eigenvalue weighted by atomic mass is 10.1. The molecule has 0 radical (unpaired) electrons. The highest BCUT2D eigenvalue weighted by atomic mass is 16.3. The molecule has 0 spiro atoms. The lowest BCUT2D eigenvalue weighted by molar-refractivity contribution is -0.119. The fourth-order valence-corrected chi connectivity index (χ4v) is 1.15. The second-order valence-electron chi connectivity index (χ2n) is 3.01. The fourth-order valence-electron chi connectivity index (χ4n) is 1.15. The maximum atomic E-state index is 10.7. The minimum Gasteiger partial charge on any atom is -0.508 e. The number of rotatable bonds is 2. The van der Waals surface area contributed by atoms with Crippen LogP contribution in [0.5, 0.6) is 5.75 Å². The van der Waals surface area contributed by atoms with Crippen LogP contribution < -0.4 is 5.32 Å². The van der Waals surface area contributed by atoms with E-state index in [0.29, 0.717) is 0 Å². The third-order valence-corrected chi connectivity index (χ3v) is 1.81. The highest BCUT2D eigenvalue weighted by molar-refractivity contribution is 5.73. The summed E-state index contributed by atoms with van der Waals surface area (Å²) in [5.41, 5.74) is 0.980. The van der Waals surface area contributed by atoms with Gasteiger partial charge in [0.2, 0.25) is 5.91 Å². The van der Waals surface area contributed by atoms with Crippen LogP contribution >= 0.6 is 0 Å². The van der Waals surface area contributed by atoms with Crippen molar-refractivity contribution in [2.75, 3.05) is 0 Å². The quantitative estimate of drug-likeness (QED) is 0.724. The van der Waals surface area contributed by atoms with Crippen LogP contribution in [0.2, 0.25) is 0 Å². The predicted molar refractivity (Wildman–Crippen MR) is 50.3 cm³/mol. The van der Waals surface area contributed by atoms with Crippen LogP contribution in [0.3, 0.4) is 0 Å². The van der Waals surface area contributed by atoms with E-state index in [0.717, 1.165) is 5.56 Å². The molecule has 3 nitrogen and oxygen atoms in total. The zero-order valence-electron chi connectivity index (χ0n) is 7.74. The molecule has 1 aromatic carbocycles. The average molecular weight is 179 g/mol. The molecule has 0 saturated heterocycles. The largest absolute Gasteiger partial charge is 0.508 e. The summed E-state index contributed by atoms with van der Waals surface area (Å²) in [6, 6.07) is 6.77. The van der Waals surface area contributed by atoms with Crippen LogP contribution in [0.4, 0.5) is 0 Å². The zero-order chi connectivity index (χ0) is 9.84. The minimum atomic E-state index is -0.0550. The Morgan fingerprint density at radius 3 is 2.38 bits per heavy atom. The number of benzene rings is 1. The molecule has 0 unspecified atom stereocenters. The Balaban J connectivity index is 2.71. The second-order valence-corrected chi connectivity index (χ2v) is 3.01. The minimum absolute atomic E-state index is 0.0156. The number of carbonyl (C=O) groups excluding carboxylic acids is 1. The van der Waals surface area contributed by atoms with Crippen molar-refractivity contribution in [2.24, 2.45) is 0 Å². The molecule has 0 fully saturated rings. The zero-order valence-corrected chi connectivity index (χ0v) is 7.74. The van der Waals surface area contributed by atoms with Gasteiger partial charge < -0.3 is 10.4 Å². The average Bonchev–Trinajstić information content (AvgIpc) is 2.04. The fraction of sp³-hybridized carbons (Fsp3) is 0.300. The van der Waals surface area contributed by atoms with E-state index in [1.165, 1.54) is 6.92 Å². The van der Waals surface area contributed by atoms with Crippen LogP contribution in [-0.4, -0.2) is 11.0 Å². The molecule has 0 bridgehead atoms. The van der Waals surface area contributed by atoms with Crippen molar-refractivity contribution >= 4 is 5.91 Å². The summed E-state index contributed by atoms with van der Waals surface area (Å²) in [4.78, 5) is 10.7. The Morgan fingerprint density at radius 1 is 1.38 bits per heavy atom. The summed E-state index contributed by atoms with van der Waals surface area (Å²) in [5.74, 6) is 0.180. The van der Waals surface area contributed by atoms with Crippen LogP contribution in [0.25, 0.3) is 0 Å². The van der Waals surface area contributed by atoms with Crippen LogP contribution in [-0.2, 0) is 4.79 Å². The Morgan fingerprint density at radius 2 is 1.92 bits per heavy atom. The molecule has 1 rings (SSSR count). The van der Waals surface area contributed by atoms with Gasteiger partial charge in [0.15, 0.2) is 0 Å². The summed E-state index contributed by atoms with van der Waals surface area (Å²) in [5, 5.41) is 11.8. The molecule has 1 aromatic rings. The summed E-state index contributed by atoms with van der Waals surface area (Å²) < 4.78 is 0. The SMILES string of the molecule is CC(=O)N[C@@H](C)c1ccc(O)cc1. The molecule has 0 aliphatic heterocycles. The first-order valence-electron chi connectivity index (χ1n) is 4.15. The number of hydrogen-bond donors (Lipinski definition) is 2. The van der Waals surface area contributed by atoms with E-state index in [1.54, 1.807) is 24.3 Å². The summed E-state index contributed by atoms with van der Waals surface area (Å²) in [6.45, 7) is 3.38. The Bertz CT molecular complexity index is 292. The Kier molecular flexibility index (Phi) is 2.90. The Labute approximate surface area is 77.4 Å². The Hall–Kier alpha value is -1.51. The highest BCUT2D eigenvalue weighted by Gasteiger charge is 2.05. The van der Waals surface area contributed by atoms with Crippen molar-refractivity contribution in [3.8, 4) is 5.75 Å². The van der Waals surface area contributed by atoms with Crippen LogP contribution in [0.1, 0.15) is 25.5 Å². The number of aromatic hydroxyl groups is 1. The molecule has 0 aliphatic rings. The molecule has 0 aliphatic carbocycles. The van der Waals surface area contributed by atoms with Gasteiger partial charge in [-0.3, -0.25) is 4.79 Å². The molecule has 70 valence electrons. The molecule has 0 heterocycles. The van der Waals surface area contributed by atoms with Gasteiger partial charge in [-0.15, -0.1) is 0 Å². The molecule has 1 atom stereocenters. The molecular formula is C10H13NO2. The molecule has 1 amide bonds. The van der Waals surface area contributed by atoms with Gasteiger partial charge in [-0.05, 0) is 24.6 Å². The number of nitrogens with one attached hydrogen (secondary N) is 1. The maximum Gasteiger partial charge on any atom is 0.217 e. The van der Waals surface area contributed by atoms with Gasteiger partial charge in [0.25, 0.3) is 0 Å². The van der Waals surface area contributed by atoms with Crippen molar-refractivity contribution in [2.45, 2.75) is 19.9 Å². The van der Waals surface area contributed by atoms with Gasteiger partial charge in [0.1, 0.15) is 5.75 Å². The van der Waals surface area contributed by atoms with E-state index < -0.39 is 0 Å². The van der Waals surface area contributed by atoms with Gasteiger partial charge in [-0.2, -0.15) is 0 Å². The van der Waals surface area contributed by atoms with Crippen molar-refractivity contribution in [1.82, 2.24) is 5.32 Å². The summed E-state index contributed by atoms with van der Waals surface area (Å²) in [6.07, 6.45) is 0. The van der Waals surface area contributed by atoms with Crippen molar-refractivity contribution in [3.63, 3.8) is 0 Å². The van der Waals surface area contributed by atoms with Crippen molar-refractivity contribution in [3.05, 3.63) is 29.8 Å². The first-order chi connectivity index (χ1) is 6.09. The normalized spacial score (nSPS) is 12.2. The second kappa shape index (κ2) is 3.94. The third kappa shape index (κ3) is 2.78. The molecule has 2 N–H and O–H groups in total. The van der Waals surface area contributed by atoms with E-state index in [2.05, 4.69) is 5.32 Å². The van der Waals surface area contributed by atoms with E-state index in [-0.39, 0.29) is 17.7 Å².